The van der Waals surface area contributed by atoms with Crippen LogP contribution in [-0.4, -0.2) is 6.54 Å². The Morgan fingerprint density at radius 2 is 2.00 bits per heavy atom. The van der Waals surface area contributed by atoms with Crippen LogP contribution < -0.4 is 5.32 Å². The first-order chi connectivity index (χ1) is 8.45. The van der Waals surface area contributed by atoms with Crippen molar-refractivity contribution in [2.75, 3.05) is 11.9 Å². The van der Waals surface area contributed by atoms with Crippen LogP contribution in [0.25, 0.3) is 0 Å². The summed E-state index contributed by atoms with van der Waals surface area (Å²) >= 11 is 5.76. The SMILES string of the molecule is N#CCCCCNc1ccc(C(F)(F)F)cc1Cl. The van der Waals surface area contributed by atoms with Crippen LogP contribution in [0.4, 0.5) is 18.9 Å². The lowest BCUT2D eigenvalue weighted by molar-refractivity contribution is -0.137. The largest absolute Gasteiger partial charge is 0.416 e. The molecule has 0 saturated heterocycles. The molecule has 0 aliphatic heterocycles. The molecule has 0 aliphatic carbocycles. The van der Waals surface area contributed by atoms with Gasteiger partial charge in [-0.25, -0.2) is 0 Å². The van der Waals surface area contributed by atoms with Gasteiger partial charge < -0.3 is 5.32 Å². The summed E-state index contributed by atoms with van der Waals surface area (Å²) in [4.78, 5) is 0. The Bertz CT molecular complexity index is 438. The maximum Gasteiger partial charge on any atom is 0.416 e. The predicted octanol–water partition coefficient (Wildman–Crippen LogP) is 4.46. The fourth-order valence-electron chi connectivity index (χ4n) is 1.39. The lowest BCUT2D eigenvalue weighted by Crippen LogP contribution is -2.06. The van der Waals surface area contributed by atoms with E-state index in [1.165, 1.54) is 6.07 Å². The van der Waals surface area contributed by atoms with E-state index in [1.807, 2.05) is 6.07 Å². The van der Waals surface area contributed by atoms with Gasteiger partial charge in [0.05, 0.1) is 22.3 Å². The molecule has 0 fully saturated rings. The Kier molecular flexibility index (Phi) is 5.29. The highest BCUT2D eigenvalue weighted by Gasteiger charge is 2.30. The third-order valence-corrected chi connectivity index (χ3v) is 2.64. The van der Waals surface area contributed by atoms with Crippen LogP contribution >= 0.6 is 11.6 Å². The molecule has 0 radical (unpaired) electrons. The van der Waals surface area contributed by atoms with E-state index in [1.54, 1.807) is 0 Å². The molecule has 0 unspecified atom stereocenters. The quantitative estimate of drug-likeness (QED) is 0.806. The van der Waals surface area contributed by atoms with E-state index in [-0.39, 0.29) is 5.02 Å². The van der Waals surface area contributed by atoms with Crippen LogP contribution in [0, 0.1) is 11.3 Å². The highest BCUT2D eigenvalue weighted by atomic mass is 35.5. The lowest BCUT2D eigenvalue weighted by atomic mass is 10.2. The molecule has 0 aromatic heterocycles. The van der Waals surface area contributed by atoms with Crippen molar-refractivity contribution in [3.8, 4) is 6.07 Å². The number of alkyl halides is 3. The molecule has 98 valence electrons. The molecule has 18 heavy (non-hydrogen) atoms. The molecule has 0 spiro atoms. The number of benzene rings is 1. The topological polar surface area (TPSA) is 35.8 Å². The Balaban J connectivity index is 2.56. The lowest BCUT2D eigenvalue weighted by Gasteiger charge is -2.11. The third kappa shape index (κ3) is 4.46. The molecule has 1 aromatic rings. The van der Waals surface area contributed by atoms with E-state index in [0.29, 0.717) is 18.7 Å². The zero-order chi connectivity index (χ0) is 13.6. The Morgan fingerprint density at radius 3 is 2.56 bits per heavy atom. The zero-order valence-electron chi connectivity index (χ0n) is 9.52. The number of rotatable bonds is 5. The molecule has 0 heterocycles. The van der Waals surface area contributed by atoms with Crippen molar-refractivity contribution < 1.29 is 13.2 Å². The average molecular weight is 277 g/mol. The van der Waals surface area contributed by atoms with Crippen molar-refractivity contribution in [2.24, 2.45) is 0 Å². The molecule has 1 N–H and O–H groups in total. The van der Waals surface area contributed by atoms with E-state index in [9.17, 15) is 13.2 Å². The molecular formula is C12H12ClF3N2. The summed E-state index contributed by atoms with van der Waals surface area (Å²) < 4.78 is 37.1. The van der Waals surface area contributed by atoms with Crippen molar-refractivity contribution in [3.63, 3.8) is 0 Å². The summed E-state index contributed by atoms with van der Waals surface area (Å²) in [5.74, 6) is 0. The van der Waals surface area contributed by atoms with Crippen LogP contribution in [0.1, 0.15) is 24.8 Å². The number of nitriles is 1. The van der Waals surface area contributed by atoms with Crippen LogP contribution in [0.15, 0.2) is 18.2 Å². The Hall–Kier alpha value is -1.41. The minimum atomic E-state index is -4.38. The number of nitrogens with zero attached hydrogens (tertiary/aromatic N) is 1. The number of unbranched alkanes of at least 4 members (excludes halogenated alkanes) is 2. The van der Waals surface area contributed by atoms with Crippen molar-refractivity contribution in [1.29, 1.82) is 5.26 Å². The summed E-state index contributed by atoms with van der Waals surface area (Å²) in [7, 11) is 0. The van der Waals surface area contributed by atoms with E-state index in [0.717, 1.165) is 25.0 Å². The number of hydrogen-bond acceptors (Lipinski definition) is 2. The Labute approximate surface area is 108 Å². The molecule has 0 saturated carbocycles. The smallest absolute Gasteiger partial charge is 0.384 e. The van der Waals surface area contributed by atoms with Crippen LogP contribution in [0.2, 0.25) is 5.02 Å². The second kappa shape index (κ2) is 6.50. The van der Waals surface area contributed by atoms with Crippen LogP contribution in [0.3, 0.4) is 0 Å². The van der Waals surface area contributed by atoms with Gasteiger partial charge in [-0.15, -0.1) is 0 Å². The second-order valence-corrected chi connectivity index (χ2v) is 4.14. The summed E-state index contributed by atoms with van der Waals surface area (Å²) in [6.45, 7) is 0.576. The van der Waals surface area contributed by atoms with Gasteiger partial charge in [0, 0.05) is 13.0 Å². The number of nitrogens with one attached hydrogen (secondary N) is 1. The maximum absolute atomic E-state index is 12.4. The van der Waals surface area contributed by atoms with Gasteiger partial charge >= 0.3 is 6.18 Å². The summed E-state index contributed by atoms with van der Waals surface area (Å²) in [5, 5.41) is 11.3. The normalized spacial score (nSPS) is 11.1. The van der Waals surface area contributed by atoms with Crippen molar-refractivity contribution in [1.82, 2.24) is 0 Å². The molecule has 1 aromatic carbocycles. The molecule has 1 rings (SSSR count). The molecule has 0 atom stereocenters. The highest BCUT2D eigenvalue weighted by molar-refractivity contribution is 6.33. The van der Waals surface area contributed by atoms with Crippen molar-refractivity contribution in [3.05, 3.63) is 28.8 Å². The predicted molar refractivity (Wildman–Crippen MR) is 64.4 cm³/mol. The van der Waals surface area contributed by atoms with Gasteiger partial charge in [0.15, 0.2) is 0 Å². The number of hydrogen-bond donors (Lipinski definition) is 1. The summed E-state index contributed by atoms with van der Waals surface area (Å²) in [6, 6.07) is 5.23. The van der Waals surface area contributed by atoms with Gasteiger partial charge in [-0.2, -0.15) is 18.4 Å². The monoisotopic (exact) mass is 276 g/mol. The molecule has 0 amide bonds. The third-order valence-electron chi connectivity index (χ3n) is 2.33. The number of halogens is 4. The van der Waals surface area contributed by atoms with Gasteiger partial charge in [0.25, 0.3) is 0 Å². The molecule has 6 heteroatoms. The maximum atomic E-state index is 12.4. The Morgan fingerprint density at radius 1 is 1.28 bits per heavy atom. The van der Waals surface area contributed by atoms with Crippen molar-refractivity contribution >= 4 is 17.3 Å². The zero-order valence-corrected chi connectivity index (χ0v) is 10.3. The standard InChI is InChI=1S/C12H12ClF3N2/c13-10-8-9(12(14,15)16)4-5-11(10)18-7-3-1-2-6-17/h4-5,8,18H,1-3,7H2. The van der Waals surface area contributed by atoms with E-state index >= 15 is 0 Å². The fourth-order valence-corrected chi connectivity index (χ4v) is 1.63. The summed E-state index contributed by atoms with van der Waals surface area (Å²) in [5.41, 5.74) is -0.288. The van der Waals surface area contributed by atoms with Crippen LogP contribution in [0.5, 0.6) is 0 Å². The van der Waals surface area contributed by atoms with E-state index < -0.39 is 11.7 Å². The average Bonchev–Trinajstić information content (AvgIpc) is 2.29. The van der Waals surface area contributed by atoms with E-state index in [4.69, 9.17) is 16.9 Å². The molecule has 2 nitrogen and oxygen atoms in total. The van der Waals surface area contributed by atoms with Gasteiger partial charge in [-0.05, 0) is 31.0 Å². The molecule has 0 bridgehead atoms. The van der Waals surface area contributed by atoms with Gasteiger partial charge in [0.1, 0.15) is 0 Å². The minimum Gasteiger partial charge on any atom is -0.384 e. The number of anilines is 1. The first-order valence-corrected chi connectivity index (χ1v) is 5.80. The fraction of sp³-hybridized carbons (Fsp3) is 0.417. The minimum absolute atomic E-state index is 0.0464. The molecule has 0 aliphatic rings. The highest BCUT2D eigenvalue weighted by Crippen LogP contribution is 2.33. The van der Waals surface area contributed by atoms with Crippen molar-refractivity contribution in [2.45, 2.75) is 25.4 Å². The molecular weight excluding hydrogens is 265 g/mol. The van der Waals surface area contributed by atoms with Crippen LogP contribution in [-0.2, 0) is 6.18 Å². The first-order valence-electron chi connectivity index (χ1n) is 5.42. The van der Waals surface area contributed by atoms with E-state index in [2.05, 4.69) is 5.32 Å². The van der Waals surface area contributed by atoms with Gasteiger partial charge in [0.2, 0.25) is 0 Å². The van der Waals surface area contributed by atoms with Gasteiger partial charge in [-0.3, -0.25) is 0 Å². The first kappa shape index (κ1) is 14.7. The van der Waals surface area contributed by atoms with Gasteiger partial charge in [-0.1, -0.05) is 11.6 Å². The summed E-state index contributed by atoms with van der Waals surface area (Å²) in [6.07, 6.45) is -2.38. The second-order valence-electron chi connectivity index (χ2n) is 3.73.